The summed E-state index contributed by atoms with van der Waals surface area (Å²) in [6, 6.07) is 11.6. The molecule has 6 nitrogen and oxygen atoms in total. The number of carbonyl (C=O) groups excluding carboxylic acids is 1. The van der Waals surface area contributed by atoms with E-state index in [0.29, 0.717) is 38.7 Å². The summed E-state index contributed by atoms with van der Waals surface area (Å²) in [4.78, 5) is 21.2. The number of carbonyl (C=O) groups is 1. The molecule has 4 aromatic rings. The summed E-state index contributed by atoms with van der Waals surface area (Å²) < 4.78 is 15.8. The van der Waals surface area contributed by atoms with Gasteiger partial charge in [0.15, 0.2) is 11.4 Å². The number of ketones is 1. The number of hydrogen-bond acceptors (Lipinski definition) is 5. The average Bonchev–Trinajstić information content (AvgIpc) is 3.15. The predicted octanol–water partition coefficient (Wildman–Crippen LogP) is 5.44. The Balaban J connectivity index is 1.62. The summed E-state index contributed by atoms with van der Waals surface area (Å²) in [5, 5.41) is 5.76. The maximum Gasteiger partial charge on any atom is 0.164 e. The molecule has 0 aliphatic rings. The number of aromatic nitrogens is 4. The Labute approximate surface area is 190 Å². The van der Waals surface area contributed by atoms with E-state index < -0.39 is 5.82 Å². The van der Waals surface area contributed by atoms with Crippen molar-refractivity contribution < 1.29 is 9.18 Å². The lowest BCUT2D eigenvalue weighted by molar-refractivity contribution is 0.0982. The highest BCUT2D eigenvalue weighted by Crippen LogP contribution is 2.33. The number of hydrogen-bond donors (Lipinski definition) is 1. The molecule has 2 N–H and O–H groups in total. The van der Waals surface area contributed by atoms with E-state index in [4.69, 9.17) is 22.4 Å². The first-order chi connectivity index (χ1) is 15.2. The average molecular weight is 452 g/mol. The molecule has 0 aliphatic heterocycles. The lowest BCUT2D eigenvalue weighted by Gasteiger charge is -2.19. The molecule has 0 radical (unpaired) electrons. The van der Waals surface area contributed by atoms with E-state index >= 15 is 0 Å². The molecule has 2 heterocycles. The Morgan fingerprint density at radius 2 is 1.84 bits per heavy atom. The zero-order chi connectivity index (χ0) is 23.0. The van der Waals surface area contributed by atoms with Crippen molar-refractivity contribution in [3.63, 3.8) is 0 Å². The standard InChI is InChI=1S/C24H23ClFN5O/c1-24(2,3)31-23-20(22(27)28-13-29-23)21(30-31)15-9-7-14(8-10-15)19(32)12-11-16-17(25)5-4-6-18(16)26/h4-10,13H,11-12H2,1-3H3,(H2,27,28,29). The molecule has 0 spiro atoms. The number of anilines is 1. The van der Waals surface area contributed by atoms with E-state index in [2.05, 4.69) is 9.97 Å². The second kappa shape index (κ2) is 8.31. The predicted molar refractivity (Wildman–Crippen MR) is 124 cm³/mol. The van der Waals surface area contributed by atoms with Crippen LogP contribution in [-0.4, -0.2) is 25.5 Å². The van der Waals surface area contributed by atoms with Gasteiger partial charge in [-0.05, 0) is 39.3 Å². The highest BCUT2D eigenvalue weighted by Gasteiger charge is 2.24. The second-order valence-electron chi connectivity index (χ2n) is 8.59. The minimum absolute atomic E-state index is 0.0937. The summed E-state index contributed by atoms with van der Waals surface area (Å²) in [6.45, 7) is 6.10. The number of fused-ring (bicyclic) bond motifs is 1. The number of benzene rings is 2. The van der Waals surface area contributed by atoms with Gasteiger partial charge in [0.05, 0.1) is 10.9 Å². The van der Waals surface area contributed by atoms with Gasteiger partial charge < -0.3 is 5.73 Å². The Morgan fingerprint density at radius 3 is 2.50 bits per heavy atom. The van der Waals surface area contributed by atoms with Gasteiger partial charge >= 0.3 is 0 Å². The van der Waals surface area contributed by atoms with Crippen molar-refractivity contribution in [3.8, 4) is 11.3 Å². The normalized spacial score (nSPS) is 11.8. The third kappa shape index (κ3) is 4.08. The van der Waals surface area contributed by atoms with Gasteiger partial charge in [0.2, 0.25) is 0 Å². The van der Waals surface area contributed by atoms with Crippen LogP contribution in [0.2, 0.25) is 5.02 Å². The molecule has 164 valence electrons. The Bertz CT molecular complexity index is 1290. The molecule has 0 saturated heterocycles. The van der Waals surface area contributed by atoms with Crippen LogP contribution in [0.4, 0.5) is 10.2 Å². The Kier molecular flexibility index (Phi) is 5.69. The van der Waals surface area contributed by atoms with Crippen LogP contribution in [0.25, 0.3) is 22.3 Å². The number of Topliss-reactive ketones (excluding diaryl/α,β-unsaturated/α-hetero) is 1. The smallest absolute Gasteiger partial charge is 0.164 e. The van der Waals surface area contributed by atoms with E-state index in [1.165, 1.54) is 12.4 Å². The van der Waals surface area contributed by atoms with Crippen LogP contribution in [0.3, 0.4) is 0 Å². The summed E-state index contributed by atoms with van der Waals surface area (Å²) in [6.07, 6.45) is 1.82. The van der Waals surface area contributed by atoms with Gasteiger partial charge in [-0.25, -0.2) is 19.0 Å². The quantitative estimate of drug-likeness (QED) is 0.408. The lowest BCUT2D eigenvalue weighted by atomic mass is 10.0. The van der Waals surface area contributed by atoms with Gasteiger partial charge in [-0.3, -0.25) is 4.79 Å². The van der Waals surface area contributed by atoms with Crippen molar-refractivity contribution in [1.82, 2.24) is 19.7 Å². The van der Waals surface area contributed by atoms with Crippen molar-refractivity contribution in [3.05, 3.63) is 70.8 Å². The number of halogens is 2. The number of nitrogens with zero attached hydrogens (tertiary/aromatic N) is 4. The maximum atomic E-state index is 14.0. The van der Waals surface area contributed by atoms with Crippen molar-refractivity contribution in [2.24, 2.45) is 0 Å². The van der Waals surface area contributed by atoms with Crippen LogP contribution >= 0.6 is 11.6 Å². The summed E-state index contributed by atoms with van der Waals surface area (Å²) in [5.41, 5.74) is 8.84. The van der Waals surface area contributed by atoms with Crippen LogP contribution in [0.5, 0.6) is 0 Å². The molecule has 32 heavy (non-hydrogen) atoms. The van der Waals surface area contributed by atoms with Gasteiger partial charge in [-0.2, -0.15) is 5.10 Å². The van der Waals surface area contributed by atoms with Crippen LogP contribution in [0, 0.1) is 5.82 Å². The Morgan fingerprint density at radius 1 is 1.12 bits per heavy atom. The molecular weight excluding hydrogens is 429 g/mol. The van der Waals surface area contributed by atoms with Crippen LogP contribution in [-0.2, 0) is 12.0 Å². The third-order valence-corrected chi connectivity index (χ3v) is 5.63. The van der Waals surface area contributed by atoms with Crippen molar-refractivity contribution in [2.75, 3.05) is 5.73 Å². The van der Waals surface area contributed by atoms with Crippen molar-refractivity contribution in [2.45, 2.75) is 39.2 Å². The van der Waals surface area contributed by atoms with Gasteiger partial charge in [0.25, 0.3) is 0 Å². The molecule has 4 rings (SSSR count). The molecule has 0 saturated carbocycles. The topological polar surface area (TPSA) is 86.7 Å². The van der Waals surface area contributed by atoms with E-state index in [1.807, 2.05) is 37.6 Å². The lowest BCUT2D eigenvalue weighted by Crippen LogP contribution is -2.23. The first-order valence-corrected chi connectivity index (χ1v) is 10.6. The molecule has 0 unspecified atom stereocenters. The molecule has 0 fully saturated rings. The van der Waals surface area contributed by atoms with Gasteiger partial charge in [0.1, 0.15) is 23.7 Å². The molecular formula is C24H23ClFN5O. The highest BCUT2D eigenvalue weighted by atomic mass is 35.5. The summed E-state index contributed by atoms with van der Waals surface area (Å²) in [5.74, 6) is -0.145. The van der Waals surface area contributed by atoms with Crippen LogP contribution < -0.4 is 5.73 Å². The summed E-state index contributed by atoms with van der Waals surface area (Å²) >= 11 is 6.06. The van der Waals surface area contributed by atoms with E-state index in [-0.39, 0.29) is 24.2 Å². The van der Waals surface area contributed by atoms with Gasteiger partial charge in [0, 0.05) is 28.1 Å². The highest BCUT2D eigenvalue weighted by molar-refractivity contribution is 6.31. The fourth-order valence-electron chi connectivity index (χ4n) is 3.61. The monoisotopic (exact) mass is 451 g/mol. The minimum Gasteiger partial charge on any atom is -0.383 e. The Hall–Kier alpha value is -3.32. The van der Waals surface area contributed by atoms with Crippen molar-refractivity contribution in [1.29, 1.82) is 0 Å². The second-order valence-corrected chi connectivity index (χ2v) is 9.00. The van der Waals surface area contributed by atoms with E-state index in [9.17, 15) is 9.18 Å². The van der Waals surface area contributed by atoms with Gasteiger partial charge in [-0.15, -0.1) is 0 Å². The maximum absolute atomic E-state index is 14.0. The number of nitrogen functional groups attached to an aromatic ring is 1. The minimum atomic E-state index is -0.401. The number of rotatable bonds is 5. The first-order valence-electron chi connectivity index (χ1n) is 10.2. The molecule has 2 aromatic heterocycles. The summed E-state index contributed by atoms with van der Waals surface area (Å²) in [7, 11) is 0. The number of nitrogens with two attached hydrogens (primary N) is 1. The SMILES string of the molecule is CC(C)(C)n1nc(-c2ccc(C(=O)CCc3c(F)cccc3Cl)cc2)c2c(N)ncnc21. The third-order valence-electron chi connectivity index (χ3n) is 5.27. The van der Waals surface area contributed by atoms with Crippen LogP contribution in [0.1, 0.15) is 43.1 Å². The van der Waals surface area contributed by atoms with Crippen molar-refractivity contribution >= 4 is 34.2 Å². The molecule has 0 atom stereocenters. The molecule has 0 bridgehead atoms. The molecule has 0 aliphatic carbocycles. The first kappa shape index (κ1) is 21.9. The largest absolute Gasteiger partial charge is 0.383 e. The van der Waals surface area contributed by atoms with E-state index in [1.54, 1.807) is 24.3 Å². The molecule has 8 heteroatoms. The van der Waals surface area contributed by atoms with E-state index in [0.717, 1.165) is 5.56 Å². The van der Waals surface area contributed by atoms with Crippen LogP contribution in [0.15, 0.2) is 48.8 Å². The molecule has 2 aromatic carbocycles. The fraction of sp³-hybridized carbons (Fsp3) is 0.250. The van der Waals surface area contributed by atoms with Gasteiger partial charge in [-0.1, -0.05) is 41.9 Å². The fourth-order valence-corrected chi connectivity index (χ4v) is 3.87. The zero-order valence-corrected chi connectivity index (χ0v) is 18.8. The zero-order valence-electron chi connectivity index (χ0n) is 18.1. The molecule has 0 amide bonds.